The van der Waals surface area contributed by atoms with Gasteiger partial charge in [0, 0.05) is 6.04 Å². The summed E-state index contributed by atoms with van der Waals surface area (Å²) < 4.78 is 0. The van der Waals surface area contributed by atoms with E-state index in [2.05, 4.69) is 26.1 Å². The van der Waals surface area contributed by atoms with Gasteiger partial charge in [0.1, 0.15) is 0 Å². The van der Waals surface area contributed by atoms with Crippen LogP contribution < -0.4 is 22.5 Å². The molecule has 0 heterocycles. The largest absolute Gasteiger partial charge is 0.330 e. The van der Waals surface area contributed by atoms with Crippen LogP contribution in [-0.4, -0.2) is 32.7 Å². The molecule has 7 N–H and O–H groups in total. The predicted molar refractivity (Wildman–Crippen MR) is 80.4 cm³/mol. The van der Waals surface area contributed by atoms with E-state index in [1.807, 2.05) is 7.05 Å². The highest BCUT2D eigenvalue weighted by Gasteiger charge is 2.38. The first-order chi connectivity index (χ1) is 8.28. The molecule has 4 nitrogen and oxygen atoms in total. The Morgan fingerprint density at radius 2 is 1.78 bits per heavy atom. The van der Waals surface area contributed by atoms with E-state index in [-0.39, 0.29) is 5.41 Å². The number of hydrogen-bond donors (Lipinski definition) is 4. The van der Waals surface area contributed by atoms with Gasteiger partial charge in [-0.25, -0.2) is 0 Å². The summed E-state index contributed by atoms with van der Waals surface area (Å²) in [6.45, 7) is 9.44. The van der Waals surface area contributed by atoms with Crippen molar-refractivity contribution in [3.05, 3.63) is 0 Å². The molecule has 18 heavy (non-hydrogen) atoms. The van der Waals surface area contributed by atoms with Crippen LogP contribution in [0.3, 0.4) is 0 Å². The van der Waals surface area contributed by atoms with Crippen LogP contribution in [0, 0.1) is 10.8 Å². The normalized spacial score (nSPS) is 30.5. The molecule has 1 fully saturated rings. The van der Waals surface area contributed by atoms with Crippen molar-refractivity contribution in [1.82, 2.24) is 5.32 Å². The summed E-state index contributed by atoms with van der Waals surface area (Å²) in [6, 6.07) is 0.349. The SMILES string of the molecule is CC1(C)CC(N)CC(C)(CN)C1.CNCCCN. The molecule has 0 aromatic heterocycles. The minimum absolute atomic E-state index is 0.279. The van der Waals surface area contributed by atoms with Crippen LogP contribution in [-0.2, 0) is 0 Å². The molecule has 0 bridgehead atoms. The molecule has 0 aromatic rings. The summed E-state index contributed by atoms with van der Waals surface area (Å²) in [7, 11) is 1.93. The highest BCUT2D eigenvalue weighted by molar-refractivity contribution is 4.93. The lowest BCUT2D eigenvalue weighted by Crippen LogP contribution is -2.45. The van der Waals surface area contributed by atoms with Crippen molar-refractivity contribution in [3.63, 3.8) is 0 Å². The fraction of sp³-hybridized carbons (Fsp3) is 1.00. The van der Waals surface area contributed by atoms with E-state index in [1.165, 1.54) is 6.42 Å². The summed E-state index contributed by atoms with van der Waals surface area (Å²) in [5.41, 5.74) is 17.6. The molecular weight excluding hydrogens is 224 g/mol. The second kappa shape index (κ2) is 8.10. The topological polar surface area (TPSA) is 90.1 Å². The highest BCUT2D eigenvalue weighted by atomic mass is 14.8. The van der Waals surface area contributed by atoms with E-state index < -0.39 is 0 Å². The molecule has 4 heteroatoms. The fourth-order valence-electron chi connectivity index (χ4n) is 3.15. The van der Waals surface area contributed by atoms with Gasteiger partial charge >= 0.3 is 0 Å². The first-order valence-corrected chi connectivity index (χ1v) is 7.09. The van der Waals surface area contributed by atoms with Crippen LogP contribution in [0.2, 0.25) is 0 Å². The summed E-state index contributed by atoms with van der Waals surface area (Å²) in [6.07, 6.45) is 4.52. The van der Waals surface area contributed by atoms with Crippen LogP contribution in [0.4, 0.5) is 0 Å². The lowest BCUT2D eigenvalue weighted by Gasteiger charge is -2.45. The molecule has 1 aliphatic carbocycles. The Kier molecular flexibility index (Phi) is 8.03. The van der Waals surface area contributed by atoms with Crippen LogP contribution in [0.15, 0.2) is 0 Å². The Morgan fingerprint density at radius 3 is 2.11 bits per heavy atom. The number of rotatable bonds is 4. The summed E-state index contributed by atoms with van der Waals surface area (Å²) in [5, 5.41) is 2.99. The molecule has 110 valence electrons. The van der Waals surface area contributed by atoms with Gasteiger partial charge in [0.2, 0.25) is 0 Å². The summed E-state index contributed by atoms with van der Waals surface area (Å²) in [4.78, 5) is 0. The molecule has 0 aliphatic heterocycles. The van der Waals surface area contributed by atoms with Crippen molar-refractivity contribution in [2.24, 2.45) is 28.0 Å². The second-order valence-corrected chi connectivity index (χ2v) is 6.77. The standard InChI is InChI=1S/C10H22N2.C4H12N2/c1-9(2)4-8(12)5-10(3,6-9)7-11;1-6-4-2-3-5/h8H,4-7,11-12H2,1-3H3;6H,2-5H2,1H3. The van der Waals surface area contributed by atoms with Crippen molar-refractivity contribution < 1.29 is 0 Å². The Labute approximate surface area is 113 Å². The maximum Gasteiger partial charge on any atom is 0.00495 e. The fourth-order valence-corrected chi connectivity index (χ4v) is 3.15. The van der Waals surface area contributed by atoms with Crippen molar-refractivity contribution in [2.75, 3.05) is 26.7 Å². The molecule has 1 rings (SSSR count). The van der Waals surface area contributed by atoms with Crippen LogP contribution in [0.5, 0.6) is 0 Å². The van der Waals surface area contributed by atoms with Crippen molar-refractivity contribution in [2.45, 2.75) is 52.5 Å². The summed E-state index contributed by atoms with van der Waals surface area (Å²) >= 11 is 0. The smallest absolute Gasteiger partial charge is 0.00495 e. The molecule has 0 radical (unpaired) electrons. The van der Waals surface area contributed by atoms with Crippen molar-refractivity contribution >= 4 is 0 Å². The predicted octanol–water partition coefficient (Wildman–Crippen LogP) is 1.04. The molecule has 2 unspecified atom stereocenters. The number of hydrogen-bond acceptors (Lipinski definition) is 4. The first kappa shape index (κ1) is 17.8. The third-order valence-corrected chi connectivity index (χ3v) is 3.60. The second-order valence-electron chi connectivity index (χ2n) is 6.77. The molecule has 1 aliphatic rings. The van der Waals surface area contributed by atoms with Crippen LogP contribution >= 0.6 is 0 Å². The third-order valence-electron chi connectivity index (χ3n) is 3.60. The zero-order valence-electron chi connectivity index (χ0n) is 12.8. The minimum atomic E-state index is 0.279. The van der Waals surface area contributed by atoms with Crippen molar-refractivity contribution in [3.8, 4) is 0 Å². The van der Waals surface area contributed by atoms with Gasteiger partial charge in [-0.2, -0.15) is 0 Å². The van der Waals surface area contributed by atoms with Crippen molar-refractivity contribution in [1.29, 1.82) is 0 Å². The van der Waals surface area contributed by atoms with E-state index in [0.717, 1.165) is 38.9 Å². The zero-order chi connectivity index (χ0) is 14.2. The molecule has 0 saturated heterocycles. The maximum absolute atomic E-state index is 6.01. The van der Waals surface area contributed by atoms with E-state index in [1.54, 1.807) is 0 Å². The molecular formula is C14H34N4. The lowest BCUT2D eigenvalue weighted by atomic mass is 9.63. The Bertz CT molecular complexity index is 214. The Morgan fingerprint density at radius 1 is 1.17 bits per heavy atom. The molecule has 0 amide bonds. The maximum atomic E-state index is 6.01. The molecule has 0 aromatic carbocycles. The van der Waals surface area contributed by atoms with Gasteiger partial charge in [-0.15, -0.1) is 0 Å². The zero-order valence-corrected chi connectivity index (χ0v) is 12.8. The average Bonchev–Trinajstić information content (AvgIpc) is 2.24. The van der Waals surface area contributed by atoms with Gasteiger partial charge in [0.05, 0.1) is 0 Å². The van der Waals surface area contributed by atoms with Gasteiger partial charge in [-0.05, 0) is 63.2 Å². The van der Waals surface area contributed by atoms with Gasteiger partial charge in [0.15, 0.2) is 0 Å². The Balaban J connectivity index is 0.000000411. The van der Waals surface area contributed by atoms with E-state index in [9.17, 15) is 0 Å². The monoisotopic (exact) mass is 258 g/mol. The highest BCUT2D eigenvalue weighted by Crippen LogP contribution is 2.44. The van der Waals surface area contributed by atoms with Gasteiger partial charge in [-0.3, -0.25) is 0 Å². The van der Waals surface area contributed by atoms with E-state index in [4.69, 9.17) is 17.2 Å². The summed E-state index contributed by atoms with van der Waals surface area (Å²) in [5.74, 6) is 0. The van der Waals surface area contributed by atoms with Gasteiger partial charge < -0.3 is 22.5 Å². The third kappa shape index (κ3) is 7.31. The molecule has 2 atom stereocenters. The number of nitrogens with one attached hydrogen (secondary N) is 1. The van der Waals surface area contributed by atoms with Crippen LogP contribution in [0.25, 0.3) is 0 Å². The number of nitrogens with two attached hydrogens (primary N) is 3. The quantitative estimate of drug-likeness (QED) is 0.567. The average molecular weight is 258 g/mol. The lowest BCUT2D eigenvalue weighted by molar-refractivity contribution is 0.0904. The molecule has 1 saturated carbocycles. The van der Waals surface area contributed by atoms with E-state index in [0.29, 0.717) is 11.5 Å². The molecule has 0 spiro atoms. The minimum Gasteiger partial charge on any atom is -0.330 e. The first-order valence-electron chi connectivity index (χ1n) is 7.09. The van der Waals surface area contributed by atoms with Gasteiger partial charge in [-0.1, -0.05) is 20.8 Å². The Hall–Kier alpha value is -0.160. The van der Waals surface area contributed by atoms with Crippen LogP contribution in [0.1, 0.15) is 46.5 Å². The van der Waals surface area contributed by atoms with E-state index >= 15 is 0 Å². The van der Waals surface area contributed by atoms with Gasteiger partial charge in [0.25, 0.3) is 0 Å².